The first-order valence-corrected chi connectivity index (χ1v) is 5.41. The molecule has 3 rings (SSSR count). The van der Waals surface area contributed by atoms with Gasteiger partial charge in [0.1, 0.15) is 0 Å². The molecule has 16 heavy (non-hydrogen) atoms. The van der Waals surface area contributed by atoms with Crippen LogP contribution in [-0.2, 0) is 0 Å². The van der Waals surface area contributed by atoms with Crippen molar-refractivity contribution in [2.75, 3.05) is 26.2 Å². The zero-order valence-electron chi connectivity index (χ0n) is 9.17. The lowest BCUT2D eigenvalue weighted by Gasteiger charge is -2.25. The molecule has 1 aromatic rings. The van der Waals surface area contributed by atoms with Crippen molar-refractivity contribution >= 4 is 12.4 Å². The van der Waals surface area contributed by atoms with Crippen LogP contribution in [0.5, 0.6) is 0 Å². The van der Waals surface area contributed by atoms with E-state index >= 15 is 0 Å². The summed E-state index contributed by atoms with van der Waals surface area (Å²) in [7, 11) is 0. The maximum absolute atomic E-state index is 9.26. The third kappa shape index (κ3) is 1.73. The molecule has 0 saturated carbocycles. The maximum Gasteiger partial charge on any atom is 0.231 e. The van der Waals surface area contributed by atoms with E-state index in [1.165, 1.54) is 0 Å². The van der Waals surface area contributed by atoms with Crippen LogP contribution in [0.25, 0.3) is 0 Å². The Kier molecular flexibility index (Phi) is 3.19. The number of aliphatic hydroxyl groups is 1. The Morgan fingerprint density at radius 1 is 1.44 bits per heavy atom. The second-order valence-corrected chi connectivity index (χ2v) is 4.61. The molecule has 90 valence electrons. The number of aliphatic hydroxyl groups excluding tert-OH is 1. The molecule has 0 radical (unpaired) electrons. The summed E-state index contributed by atoms with van der Waals surface area (Å²) in [6.07, 6.45) is 0. The minimum Gasteiger partial charge on any atom is -0.396 e. The van der Waals surface area contributed by atoms with Crippen LogP contribution in [0.15, 0.2) is 4.52 Å². The SMILES string of the molecule is Cc1noc(C2CN3CC(CO)C2C3)n1.Cl. The second kappa shape index (κ2) is 4.31. The number of fused-ring (bicyclic) bond motifs is 2. The predicted octanol–water partition coefficient (Wildman–Crippen LogP) is 0.437. The van der Waals surface area contributed by atoms with Crippen LogP contribution >= 0.6 is 12.4 Å². The minimum atomic E-state index is 0. The van der Waals surface area contributed by atoms with Gasteiger partial charge in [-0.1, -0.05) is 5.16 Å². The van der Waals surface area contributed by atoms with Crippen LogP contribution in [0.2, 0.25) is 0 Å². The monoisotopic (exact) mass is 245 g/mol. The first kappa shape index (κ1) is 11.8. The Hall–Kier alpha value is -0.650. The van der Waals surface area contributed by atoms with E-state index in [0.717, 1.165) is 25.5 Å². The van der Waals surface area contributed by atoms with Gasteiger partial charge >= 0.3 is 0 Å². The van der Waals surface area contributed by atoms with Crippen LogP contribution in [0.3, 0.4) is 0 Å². The smallest absolute Gasteiger partial charge is 0.231 e. The van der Waals surface area contributed by atoms with E-state index in [1.54, 1.807) is 0 Å². The summed E-state index contributed by atoms with van der Waals surface area (Å²) >= 11 is 0. The molecule has 0 aliphatic carbocycles. The van der Waals surface area contributed by atoms with E-state index in [4.69, 9.17) is 4.52 Å². The Morgan fingerprint density at radius 3 is 2.81 bits per heavy atom. The van der Waals surface area contributed by atoms with Crippen LogP contribution < -0.4 is 0 Å². The number of aromatic nitrogens is 2. The van der Waals surface area contributed by atoms with Gasteiger partial charge in [-0.05, 0) is 18.8 Å². The maximum atomic E-state index is 9.26. The number of rotatable bonds is 2. The Labute approximate surface area is 100 Å². The number of nitrogens with zero attached hydrogens (tertiary/aromatic N) is 3. The van der Waals surface area contributed by atoms with Crippen molar-refractivity contribution in [3.05, 3.63) is 11.7 Å². The second-order valence-electron chi connectivity index (χ2n) is 4.61. The summed E-state index contributed by atoms with van der Waals surface area (Å²) < 4.78 is 5.22. The third-order valence-electron chi connectivity index (χ3n) is 3.63. The minimum absolute atomic E-state index is 0. The number of hydrogen-bond donors (Lipinski definition) is 1. The van der Waals surface area contributed by atoms with Gasteiger partial charge in [-0.25, -0.2) is 0 Å². The van der Waals surface area contributed by atoms with E-state index in [0.29, 0.717) is 23.6 Å². The van der Waals surface area contributed by atoms with Gasteiger partial charge in [-0.3, -0.25) is 0 Å². The summed E-state index contributed by atoms with van der Waals surface area (Å²) in [5, 5.41) is 13.1. The molecule has 4 atom stereocenters. The largest absolute Gasteiger partial charge is 0.396 e. The Balaban J connectivity index is 0.000000963. The van der Waals surface area contributed by atoms with Crippen LogP contribution in [0, 0.1) is 18.8 Å². The highest BCUT2D eigenvalue weighted by Gasteiger charge is 2.47. The molecule has 5 nitrogen and oxygen atoms in total. The topological polar surface area (TPSA) is 62.4 Å². The van der Waals surface area contributed by atoms with Crippen molar-refractivity contribution in [3.8, 4) is 0 Å². The number of piperidine rings is 1. The van der Waals surface area contributed by atoms with E-state index in [9.17, 15) is 5.11 Å². The molecular formula is C10H16ClN3O2. The molecular weight excluding hydrogens is 230 g/mol. The van der Waals surface area contributed by atoms with E-state index in [-0.39, 0.29) is 19.0 Å². The highest BCUT2D eigenvalue weighted by atomic mass is 35.5. The summed E-state index contributed by atoms with van der Waals surface area (Å²) in [5.74, 6) is 2.66. The summed E-state index contributed by atoms with van der Waals surface area (Å²) in [6, 6.07) is 0. The van der Waals surface area contributed by atoms with Gasteiger partial charge < -0.3 is 14.5 Å². The molecule has 6 heteroatoms. The van der Waals surface area contributed by atoms with Gasteiger partial charge in [-0.15, -0.1) is 12.4 Å². The zero-order valence-corrected chi connectivity index (χ0v) is 9.98. The van der Waals surface area contributed by atoms with Crippen LogP contribution in [-0.4, -0.2) is 46.4 Å². The molecule has 2 aliphatic rings. The molecule has 2 fully saturated rings. The van der Waals surface area contributed by atoms with E-state index < -0.39 is 0 Å². The van der Waals surface area contributed by atoms with Crippen molar-refractivity contribution < 1.29 is 9.63 Å². The van der Waals surface area contributed by atoms with Crippen molar-refractivity contribution in [1.29, 1.82) is 0 Å². The molecule has 1 N–H and O–H groups in total. The fourth-order valence-corrected chi connectivity index (χ4v) is 2.93. The van der Waals surface area contributed by atoms with Crippen molar-refractivity contribution in [2.45, 2.75) is 12.8 Å². The van der Waals surface area contributed by atoms with Gasteiger partial charge in [0.25, 0.3) is 0 Å². The van der Waals surface area contributed by atoms with Crippen molar-refractivity contribution in [2.24, 2.45) is 11.8 Å². The molecule has 2 bridgehead atoms. The highest BCUT2D eigenvalue weighted by Crippen LogP contribution is 2.42. The molecule has 0 spiro atoms. The lowest BCUT2D eigenvalue weighted by atomic mass is 9.84. The van der Waals surface area contributed by atoms with Gasteiger partial charge in [0, 0.05) is 26.2 Å². The number of hydrogen-bond acceptors (Lipinski definition) is 5. The Bertz CT molecular complexity index is 371. The van der Waals surface area contributed by atoms with Gasteiger partial charge in [-0.2, -0.15) is 4.98 Å². The summed E-state index contributed by atoms with van der Waals surface area (Å²) in [4.78, 5) is 6.66. The normalized spacial score (nSPS) is 36.4. The average molecular weight is 246 g/mol. The molecule has 0 aromatic carbocycles. The molecule has 4 unspecified atom stereocenters. The van der Waals surface area contributed by atoms with E-state index in [1.807, 2.05) is 6.92 Å². The average Bonchev–Trinajstić information content (AvgIpc) is 2.90. The standard InChI is InChI=1S/C10H15N3O2.ClH/c1-6-11-10(15-12-6)9-4-13-2-7(5-14)8(9)3-13;/h7-9,14H,2-5H2,1H3;1H. The van der Waals surface area contributed by atoms with Crippen LogP contribution in [0.1, 0.15) is 17.6 Å². The third-order valence-corrected chi connectivity index (χ3v) is 3.63. The molecule has 3 heterocycles. The van der Waals surface area contributed by atoms with Gasteiger partial charge in [0.15, 0.2) is 5.82 Å². The molecule has 2 saturated heterocycles. The lowest BCUT2D eigenvalue weighted by Crippen LogP contribution is -2.31. The van der Waals surface area contributed by atoms with Crippen molar-refractivity contribution in [1.82, 2.24) is 15.0 Å². The number of aryl methyl sites for hydroxylation is 1. The molecule has 0 amide bonds. The molecule has 1 aromatic heterocycles. The fourth-order valence-electron chi connectivity index (χ4n) is 2.93. The fraction of sp³-hybridized carbons (Fsp3) is 0.800. The highest BCUT2D eigenvalue weighted by molar-refractivity contribution is 5.85. The predicted molar refractivity (Wildman–Crippen MR) is 59.5 cm³/mol. The van der Waals surface area contributed by atoms with E-state index in [2.05, 4.69) is 15.0 Å². The van der Waals surface area contributed by atoms with Gasteiger partial charge in [0.05, 0.1) is 5.92 Å². The first-order chi connectivity index (χ1) is 7.28. The number of halogens is 1. The lowest BCUT2D eigenvalue weighted by molar-refractivity contribution is 0.154. The van der Waals surface area contributed by atoms with Crippen LogP contribution in [0.4, 0.5) is 0 Å². The van der Waals surface area contributed by atoms with Gasteiger partial charge in [0.2, 0.25) is 5.89 Å². The zero-order chi connectivity index (χ0) is 10.4. The van der Waals surface area contributed by atoms with Crippen molar-refractivity contribution in [3.63, 3.8) is 0 Å². The quantitative estimate of drug-likeness (QED) is 0.819. The summed E-state index contributed by atoms with van der Waals surface area (Å²) in [6.45, 7) is 5.19. The summed E-state index contributed by atoms with van der Waals surface area (Å²) in [5.41, 5.74) is 0. The first-order valence-electron chi connectivity index (χ1n) is 5.41. The Morgan fingerprint density at radius 2 is 2.25 bits per heavy atom. The molecule has 2 aliphatic heterocycles.